The topological polar surface area (TPSA) is 25.5 Å². The van der Waals surface area contributed by atoms with Crippen molar-refractivity contribution in [3.8, 4) is 11.1 Å². The van der Waals surface area contributed by atoms with E-state index in [0.717, 1.165) is 61.5 Å². The first-order valence-electron chi connectivity index (χ1n) is 13.8. The van der Waals surface area contributed by atoms with E-state index in [1.165, 1.54) is 11.1 Å². The zero-order valence-corrected chi connectivity index (χ0v) is 23.0. The minimum absolute atomic E-state index is 0.122. The van der Waals surface area contributed by atoms with Crippen LogP contribution in [-0.4, -0.2) is 5.71 Å². The summed E-state index contributed by atoms with van der Waals surface area (Å²) in [5.41, 5.74) is 9.61. The minimum Gasteiger partial charge on any atom is -0.456 e. The van der Waals surface area contributed by atoms with Crippen molar-refractivity contribution < 1.29 is 4.42 Å². The monoisotopic (exact) mass is 537 g/mol. The largest absolute Gasteiger partial charge is 0.456 e. The molecule has 1 aliphatic rings. The van der Waals surface area contributed by atoms with Gasteiger partial charge in [0.05, 0.1) is 11.4 Å². The van der Waals surface area contributed by atoms with Gasteiger partial charge in [-0.05, 0) is 58.4 Å². The van der Waals surface area contributed by atoms with E-state index in [1.807, 2.05) is 30.3 Å². The molecule has 0 saturated heterocycles. The number of aliphatic imine (C=N–C) groups is 1. The molecule has 0 saturated carbocycles. The van der Waals surface area contributed by atoms with Gasteiger partial charge in [0.2, 0.25) is 0 Å². The molecule has 0 spiro atoms. The lowest BCUT2D eigenvalue weighted by Crippen LogP contribution is -2.20. The molecule has 0 bridgehead atoms. The maximum atomic E-state index is 7.03. The first kappa shape index (κ1) is 24.6. The average Bonchev–Trinajstić information content (AvgIpc) is 3.30. The summed E-state index contributed by atoms with van der Waals surface area (Å²) < 4.78 is 6.25. The Morgan fingerprint density at radius 2 is 1.27 bits per heavy atom. The fraction of sp³-hybridized carbons (Fsp3) is 0.108. The highest BCUT2D eigenvalue weighted by atomic mass is 35.5. The van der Waals surface area contributed by atoms with E-state index in [1.54, 1.807) is 0 Å². The van der Waals surface area contributed by atoms with Gasteiger partial charge in [0.25, 0.3) is 0 Å². The normalized spacial score (nSPS) is 17.4. The lowest BCUT2D eigenvalue weighted by molar-refractivity contribution is 0.589. The Balaban J connectivity index is 1.37. The van der Waals surface area contributed by atoms with E-state index < -0.39 is 0 Å². The SMILES string of the molecule is CC1C(c2ccccc2)=NC(c2ccc(-c3ccccc3)cc2)=CCC1c1c(Cl)ccc2oc3ccccc3c12. The molecule has 40 heavy (non-hydrogen) atoms. The molecule has 2 heterocycles. The first-order valence-corrected chi connectivity index (χ1v) is 14.1. The number of allylic oxidation sites excluding steroid dienone is 1. The van der Waals surface area contributed by atoms with Crippen molar-refractivity contribution in [3.63, 3.8) is 0 Å². The second kappa shape index (κ2) is 10.3. The van der Waals surface area contributed by atoms with Gasteiger partial charge in [0, 0.05) is 21.7 Å². The van der Waals surface area contributed by atoms with Gasteiger partial charge in [-0.25, -0.2) is 0 Å². The summed E-state index contributed by atoms with van der Waals surface area (Å²) in [7, 11) is 0. The summed E-state index contributed by atoms with van der Waals surface area (Å²) >= 11 is 7.03. The Kier molecular flexibility index (Phi) is 6.34. The van der Waals surface area contributed by atoms with Crippen LogP contribution in [0.3, 0.4) is 0 Å². The second-order valence-corrected chi connectivity index (χ2v) is 10.9. The van der Waals surface area contributed by atoms with Gasteiger partial charge >= 0.3 is 0 Å². The highest BCUT2D eigenvalue weighted by Gasteiger charge is 2.31. The molecule has 1 aliphatic heterocycles. The average molecular weight is 538 g/mol. The molecule has 0 aliphatic carbocycles. The summed E-state index contributed by atoms with van der Waals surface area (Å²) in [5, 5.41) is 2.98. The molecule has 2 atom stereocenters. The zero-order valence-electron chi connectivity index (χ0n) is 22.2. The molecular formula is C37H28ClNO. The van der Waals surface area contributed by atoms with Gasteiger partial charge in [-0.2, -0.15) is 0 Å². The Morgan fingerprint density at radius 3 is 2.02 bits per heavy atom. The molecule has 194 valence electrons. The van der Waals surface area contributed by atoms with Crippen molar-refractivity contribution in [1.82, 2.24) is 0 Å². The first-order chi connectivity index (χ1) is 19.7. The lowest BCUT2D eigenvalue weighted by atomic mass is 9.79. The minimum atomic E-state index is 0.122. The molecule has 2 nitrogen and oxygen atoms in total. The standard InChI is InChI=1S/C37H28ClNO/c1-24-29(35-31(38)21-23-34-36(35)30-14-8-9-15-33(30)40-34)20-22-32(39-37(24)28-12-6-3-7-13-28)27-18-16-26(17-19-27)25-10-4-2-5-11-25/h2-19,21-24,29H,20H2,1H3. The van der Waals surface area contributed by atoms with Crippen molar-refractivity contribution in [2.24, 2.45) is 10.9 Å². The zero-order chi connectivity index (χ0) is 27.1. The van der Waals surface area contributed by atoms with Crippen LogP contribution in [0.1, 0.15) is 36.0 Å². The molecule has 5 aromatic carbocycles. The highest BCUT2D eigenvalue weighted by molar-refractivity contribution is 6.33. The van der Waals surface area contributed by atoms with Gasteiger partial charge in [0.15, 0.2) is 0 Å². The number of benzene rings is 5. The highest BCUT2D eigenvalue weighted by Crippen LogP contribution is 2.45. The summed E-state index contributed by atoms with van der Waals surface area (Å²) in [4.78, 5) is 5.35. The fourth-order valence-electron chi connectivity index (χ4n) is 6.04. The number of rotatable bonds is 4. The van der Waals surface area contributed by atoms with Crippen LogP contribution in [0, 0.1) is 5.92 Å². The van der Waals surface area contributed by atoms with Gasteiger partial charge in [-0.3, -0.25) is 4.99 Å². The van der Waals surface area contributed by atoms with Crippen LogP contribution in [-0.2, 0) is 0 Å². The Labute approximate surface area is 239 Å². The van der Waals surface area contributed by atoms with Crippen molar-refractivity contribution in [2.75, 3.05) is 0 Å². The Bertz CT molecular complexity index is 1880. The fourth-order valence-corrected chi connectivity index (χ4v) is 6.34. The third-order valence-electron chi connectivity index (χ3n) is 8.10. The van der Waals surface area contributed by atoms with Crippen LogP contribution in [0.15, 0.2) is 137 Å². The van der Waals surface area contributed by atoms with Crippen LogP contribution in [0.4, 0.5) is 0 Å². The number of hydrogen-bond donors (Lipinski definition) is 0. The van der Waals surface area contributed by atoms with E-state index in [-0.39, 0.29) is 11.8 Å². The maximum Gasteiger partial charge on any atom is 0.135 e. The number of hydrogen-bond acceptors (Lipinski definition) is 2. The van der Waals surface area contributed by atoms with Crippen LogP contribution in [0.5, 0.6) is 0 Å². The van der Waals surface area contributed by atoms with Crippen molar-refractivity contribution in [2.45, 2.75) is 19.3 Å². The molecule has 3 heteroatoms. The summed E-state index contributed by atoms with van der Waals surface area (Å²) in [6, 6.07) is 41.9. The number of nitrogens with zero attached hydrogens (tertiary/aromatic N) is 1. The number of fused-ring (bicyclic) bond motifs is 3. The van der Waals surface area contributed by atoms with Gasteiger partial charge in [-0.1, -0.05) is 128 Å². The predicted molar refractivity (Wildman–Crippen MR) is 168 cm³/mol. The molecule has 0 amide bonds. The van der Waals surface area contributed by atoms with Gasteiger partial charge in [-0.15, -0.1) is 0 Å². The molecule has 2 unspecified atom stereocenters. The van der Waals surface area contributed by atoms with Crippen molar-refractivity contribution in [1.29, 1.82) is 0 Å². The van der Waals surface area contributed by atoms with Crippen LogP contribution in [0.2, 0.25) is 5.02 Å². The van der Waals surface area contributed by atoms with E-state index in [9.17, 15) is 0 Å². The Hall–Kier alpha value is -4.40. The van der Waals surface area contributed by atoms with Crippen molar-refractivity contribution in [3.05, 3.63) is 149 Å². The predicted octanol–water partition coefficient (Wildman–Crippen LogP) is 10.6. The third-order valence-corrected chi connectivity index (χ3v) is 8.43. The third kappa shape index (κ3) is 4.35. The molecule has 0 N–H and O–H groups in total. The summed E-state index contributed by atoms with van der Waals surface area (Å²) in [6.45, 7) is 2.28. The quantitative estimate of drug-likeness (QED) is 0.219. The summed E-state index contributed by atoms with van der Waals surface area (Å²) in [5.74, 6) is 0.244. The van der Waals surface area contributed by atoms with E-state index >= 15 is 0 Å². The van der Waals surface area contributed by atoms with E-state index in [4.69, 9.17) is 21.0 Å². The van der Waals surface area contributed by atoms with Crippen LogP contribution < -0.4 is 0 Å². The molecular weight excluding hydrogens is 510 g/mol. The second-order valence-electron chi connectivity index (χ2n) is 10.5. The van der Waals surface area contributed by atoms with Gasteiger partial charge in [0.1, 0.15) is 11.2 Å². The molecule has 0 radical (unpaired) electrons. The Morgan fingerprint density at radius 1 is 0.650 bits per heavy atom. The van der Waals surface area contributed by atoms with Crippen LogP contribution in [0.25, 0.3) is 38.8 Å². The van der Waals surface area contributed by atoms with Gasteiger partial charge < -0.3 is 4.42 Å². The molecule has 1 aromatic heterocycles. The lowest BCUT2D eigenvalue weighted by Gasteiger charge is -2.25. The maximum absolute atomic E-state index is 7.03. The molecule has 7 rings (SSSR count). The smallest absolute Gasteiger partial charge is 0.135 e. The number of halogens is 1. The van der Waals surface area contributed by atoms with E-state index in [2.05, 4.69) is 104 Å². The summed E-state index contributed by atoms with van der Waals surface area (Å²) in [6.07, 6.45) is 3.10. The molecule has 0 fully saturated rings. The van der Waals surface area contributed by atoms with Crippen LogP contribution >= 0.6 is 11.6 Å². The van der Waals surface area contributed by atoms with Crippen molar-refractivity contribution >= 4 is 44.9 Å². The molecule has 6 aromatic rings. The number of para-hydroxylation sites is 1. The number of furan rings is 1. The van der Waals surface area contributed by atoms with E-state index in [0.29, 0.717) is 0 Å².